The van der Waals surface area contributed by atoms with E-state index in [0.29, 0.717) is 0 Å². The lowest BCUT2D eigenvalue weighted by molar-refractivity contribution is 0.406. The molecule has 1 aliphatic carbocycles. The van der Waals surface area contributed by atoms with Crippen LogP contribution in [0.4, 0.5) is 0 Å². The molecule has 1 aromatic carbocycles. The Labute approximate surface area is 156 Å². The lowest BCUT2D eigenvalue weighted by Crippen LogP contribution is -2.17. The maximum absolute atomic E-state index is 10.8. The molecule has 0 amide bonds. The van der Waals surface area contributed by atoms with Crippen LogP contribution in [0, 0.1) is 5.92 Å². The summed E-state index contributed by atoms with van der Waals surface area (Å²) in [6.45, 7) is 4.11. The van der Waals surface area contributed by atoms with Crippen LogP contribution in [-0.4, -0.2) is 10.2 Å². The Morgan fingerprint density at radius 2 is 2.04 bits per heavy atom. The standard InChI is InChI=1S/C21H30O2/c1-5-6-7-8-16-12-19(22)21(20(23)13-16)18-11-15(4)9-10-17(18)14(2)3/h11-13,17-18,22-23H,2,5-10H2,1,3-4H3/i1D3,5D2,6D2,7D2,8D2. The molecule has 0 aliphatic heterocycles. The topological polar surface area (TPSA) is 40.5 Å². The number of aromatic hydroxyl groups is 2. The molecule has 0 fully saturated rings. The van der Waals surface area contributed by atoms with Gasteiger partial charge in [-0.2, -0.15) is 0 Å². The Balaban J connectivity index is 2.64. The highest BCUT2D eigenvalue weighted by Crippen LogP contribution is 2.46. The van der Waals surface area contributed by atoms with E-state index in [-0.39, 0.29) is 11.5 Å². The van der Waals surface area contributed by atoms with Gasteiger partial charge in [0.05, 0.1) is 0 Å². The molecular formula is C21H30O2. The van der Waals surface area contributed by atoms with Gasteiger partial charge in [0, 0.05) is 26.6 Å². The van der Waals surface area contributed by atoms with E-state index < -0.39 is 55.3 Å². The number of allylic oxidation sites excluding steroid dienone is 3. The van der Waals surface area contributed by atoms with Crippen LogP contribution in [0.5, 0.6) is 11.5 Å². The molecule has 2 nitrogen and oxygen atoms in total. The van der Waals surface area contributed by atoms with E-state index in [0.717, 1.165) is 36.1 Å². The molecule has 0 aromatic heterocycles. The zero-order chi connectivity index (χ0) is 26.7. The van der Waals surface area contributed by atoms with Gasteiger partial charge in [-0.15, -0.1) is 0 Å². The fourth-order valence-corrected chi connectivity index (χ4v) is 3.08. The summed E-state index contributed by atoms with van der Waals surface area (Å²) in [5, 5.41) is 21.5. The Kier molecular flexibility index (Phi) is 2.66. The van der Waals surface area contributed by atoms with Gasteiger partial charge in [0.1, 0.15) is 11.5 Å². The third kappa shape index (κ3) is 4.19. The van der Waals surface area contributed by atoms with Crippen LogP contribution < -0.4 is 0 Å². The third-order valence-electron chi connectivity index (χ3n) is 4.18. The number of phenolic OH excluding ortho intramolecular Hbond substituents is 2. The van der Waals surface area contributed by atoms with Gasteiger partial charge < -0.3 is 10.2 Å². The highest BCUT2D eigenvalue weighted by atomic mass is 16.3. The summed E-state index contributed by atoms with van der Waals surface area (Å²) >= 11 is 0. The molecular weight excluding hydrogens is 284 g/mol. The highest BCUT2D eigenvalue weighted by molar-refractivity contribution is 5.51. The van der Waals surface area contributed by atoms with Gasteiger partial charge >= 0.3 is 0 Å². The highest BCUT2D eigenvalue weighted by Gasteiger charge is 2.29. The molecule has 0 saturated carbocycles. The molecule has 0 saturated heterocycles. The van der Waals surface area contributed by atoms with E-state index in [1.165, 1.54) is 0 Å². The van der Waals surface area contributed by atoms with Crippen LogP contribution in [0.15, 0.2) is 35.9 Å². The summed E-state index contributed by atoms with van der Waals surface area (Å²) in [5.41, 5.74) is 1.28. The van der Waals surface area contributed by atoms with Gasteiger partial charge in [-0.05, 0) is 63.0 Å². The Hall–Kier alpha value is -1.70. The van der Waals surface area contributed by atoms with Crippen LogP contribution in [0.1, 0.15) is 84.8 Å². The Morgan fingerprint density at radius 1 is 1.35 bits per heavy atom. The fourth-order valence-electron chi connectivity index (χ4n) is 3.08. The summed E-state index contributed by atoms with van der Waals surface area (Å²) in [6.07, 6.45) is -11.2. The van der Waals surface area contributed by atoms with E-state index in [9.17, 15) is 10.2 Å². The molecule has 23 heavy (non-hydrogen) atoms. The second-order valence-electron chi connectivity index (χ2n) is 5.96. The van der Waals surface area contributed by atoms with Crippen LogP contribution in [0.25, 0.3) is 0 Å². The SMILES string of the molecule is [2H]C([2H])([2H])C([2H])([2H])C([2H])([2H])C([2H])([2H])C([2H])([2H])c1cc(O)c(C2C=C(C)CCC2C(=C)C)c(O)c1. The van der Waals surface area contributed by atoms with Crippen molar-refractivity contribution in [2.75, 3.05) is 0 Å². The van der Waals surface area contributed by atoms with Crippen molar-refractivity contribution in [2.24, 2.45) is 5.92 Å². The molecule has 126 valence electrons. The van der Waals surface area contributed by atoms with E-state index >= 15 is 0 Å². The predicted octanol–water partition coefficient (Wildman–Crippen LogP) is 5.85. The zero-order valence-corrected chi connectivity index (χ0v) is 13.4. The van der Waals surface area contributed by atoms with Crippen molar-refractivity contribution in [1.82, 2.24) is 0 Å². The first-order chi connectivity index (χ1) is 15.1. The first-order valence-corrected chi connectivity index (χ1v) is 7.50. The van der Waals surface area contributed by atoms with Crippen molar-refractivity contribution in [3.8, 4) is 11.5 Å². The number of hydrogen-bond acceptors (Lipinski definition) is 2. The van der Waals surface area contributed by atoms with Crippen molar-refractivity contribution in [3.63, 3.8) is 0 Å². The molecule has 2 unspecified atom stereocenters. The summed E-state index contributed by atoms with van der Waals surface area (Å²) in [7, 11) is 0. The summed E-state index contributed by atoms with van der Waals surface area (Å²) in [5.74, 6) is -1.68. The fraction of sp³-hybridized carbons (Fsp3) is 0.524. The largest absolute Gasteiger partial charge is 0.507 e. The smallest absolute Gasteiger partial charge is 0.123 e. The van der Waals surface area contributed by atoms with E-state index in [4.69, 9.17) is 15.1 Å². The molecule has 0 spiro atoms. The zero-order valence-electron chi connectivity index (χ0n) is 24.4. The Bertz CT molecular complexity index is 970. The third-order valence-corrected chi connectivity index (χ3v) is 4.18. The maximum Gasteiger partial charge on any atom is 0.123 e. The quantitative estimate of drug-likeness (QED) is 0.644. The van der Waals surface area contributed by atoms with E-state index in [1.54, 1.807) is 0 Å². The predicted molar refractivity (Wildman–Crippen MR) is 97.0 cm³/mol. The van der Waals surface area contributed by atoms with E-state index in [1.807, 2.05) is 19.9 Å². The molecule has 2 atom stereocenters. The van der Waals surface area contributed by atoms with E-state index in [2.05, 4.69) is 6.58 Å². The van der Waals surface area contributed by atoms with Gasteiger partial charge in [0.2, 0.25) is 0 Å². The van der Waals surface area contributed by atoms with Crippen LogP contribution >= 0.6 is 0 Å². The number of benzene rings is 1. The number of hydrogen-bond donors (Lipinski definition) is 2. The summed E-state index contributed by atoms with van der Waals surface area (Å²) in [4.78, 5) is 0. The summed E-state index contributed by atoms with van der Waals surface area (Å²) < 4.78 is 86.2. The first-order valence-electron chi connectivity index (χ1n) is 13.0. The average Bonchev–Trinajstić information content (AvgIpc) is 2.65. The lowest BCUT2D eigenvalue weighted by Gasteiger charge is -2.31. The molecule has 0 radical (unpaired) electrons. The van der Waals surface area contributed by atoms with Crippen molar-refractivity contribution < 1.29 is 25.3 Å². The van der Waals surface area contributed by atoms with Crippen LogP contribution in [0.2, 0.25) is 0 Å². The molecule has 0 bridgehead atoms. The van der Waals surface area contributed by atoms with Crippen molar-refractivity contribution >= 4 is 0 Å². The minimum atomic E-state index is -3.83. The van der Waals surface area contributed by atoms with Gasteiger partial charge in [-0.25, -0.2) is 0 Å². The van der Waals surface area contributed by atoms with Crippen molar-refractivity contribution in [2.45, 2.75) is 65.0 Å². The van der Waals surface area contributed by atoms with Gasteiger partial charge in [-0.3, -0.25) is 0 Å². The van der Waals surface area contributed by atoms with Crippen LogP contribution in [-0.2, 0) is 6.37 Å². The Morgan fingerprint density at radius 3 is 2.65 bits per heavy atom. The number of phenols is 2. The second-order valence-corrected chi connectivity index (χ2v) is 5.96. The number of rotatable bonds is 6. The van der Waals surface area contributed by atoms with Crippen LogP contribution in [0.3, 0.4) is 0 Å². The van der Waals surface area contributed by atoms with Gasteiger partial charge in [0.25, 0.3) is 0 Å². The van der Waals surface area contributed by atoms with Gasteiger partial charge in [0.15, 0.2) is 0 Å². The lowest BCUT2D eigenvalue weighted by atomic mass is 9.73. The molecule has 0 heterocycles. The second kappa shape index (κ2) is 7.72. The van der Waals surface area contributed by atoms with Gasteiger partial charge in [-0.1, -0.05) is 43.4 Å². The van der Waals surface area contributed by atoms with Crippen molar-refractivity contribution in [3.05, 3.63) is 47.1 Å². The average molecular weight is 326 g/mol. The minimum absolute atomic E-state index is 0.0907. The monoisotopic (exact) mass is 325 g/mol. The molecule has 1 aromatic rings. The molecule has 2 N–H and O–H groups in total. The van der Waals surface area contributed by atoms with Crippen molar-refractivity contribution in [1.29, 1.82) is 0 Å². The molecule has 1 aliphatic rings. The molecule has 2 heteroatoms. The maximum atomic E-state index is 10.8. The first kappa shape index (κ1) is 7.92. The normalized spacial score (nSPS) is 31.2. The minimum Gasteiger partial charge on any atom is -0.507 e. The molecule has 2 rings (SSSR count). The summed E-state index contributed by atoms with van der Waals surface area (Å²) in [6, 6.07) is 1.72. The number of aryl methyl sites for hydroxylation is 1.